The van der Waals surface area contributed by atoms with Gasteiger partial charge in [-0.2, -0.15) is 0 Å². The zero-order valence-corrected chi connectivity index (χ0v) is 15.4. The summed E-state index contributed by atoms with van der Waals surface area (Å²) in [5.41, 5.74) is 1.10. The second kappa shape index (κ2) is 10.8. The molecule has 1 unspecified atom stereocenters. The molecule has 0 aromatic heterocycles. The van der Waals surface area contributed by atoms with E-state index in [0.29, 0.717) is 24.4 Å². The molecule has 0 aliphatic carbocycles. The third-order valence-corrected chi connectivity index (χ3v) is 3.44. The summed E-state index contributed by atoms with van der Waals surface area (Å²) in [6.45, 7) is 6.36. The van der Waals surface area contributed by atoms with Crippen LogP contribution in [0.25, 0.3) is 0 Å². The number of aliphatic hydroxyl groups excluding tert-OH is 1. The van der Waals surface area contributed by atoms with Crippen LogP contribution < -0.4 is 10.6 Å². The number of allylic oxidation sites excluding steroid dienone is 1. The number of aliphatic hydroxyl groups is 1. The predicted molar refractivity (Wildman–Crippen MR) is 92.0 cm³/mol. The molecule has 7 heteroatoms. The minimum Gasteiger partial charge on any atom is -0.396 e. The molecule has 0 fully saturated rings. The molecule has 122 valence electrons. The molecule has 0 radical (unpaired) electrons. The van der Waals surface area contributed by atoms with Crippen molar-refractivity contribution in [3.63, 3.8) is 0 Å². The highest BCUT2D eigenvalue weighted by Crippen LogP contribution is 2.11. The smallest absolute Gasteiger partial charge is 0.278 e. The molecule has 0 saturated heterocycles. The van der Waals surface area contributed by atoms with E-state index in [1.165, 1.54) is 4.90 Å². The molecule has 0 heterocycles. The van der Waals surface area contributed by atoms with Crippen molar-refractivity contribution < 1.29 is 14.7 Å². The van der Waals surface area contributed by atoms with Crippen LogP contribution in [0.5, 0.6) is 0 Å². The Morgan fingerprint density at radius 1 is 1.38 bits per heavy atom. The van der Waals surface area contributed by atoms with Gasteiger partial charge in [0.25, 0.3) is 5.91 Å². The third-order valence-electron chi connectivity index (χ3n) is 2.91. The number of hydrogen-bond donors (Lipinski definition) is 3. The van der Waals surface area contributed by atoms with Crippen molar-refractivity contribution in [2.75, 3.05) is 26.7 Å². The van der Waals surface area contributed by atoms with Crippen LogP contribution in [0.1, 0.15) is 33.6 Å². The van der Waals surface area contributed by atoms with E-state index in [-0.39, 0.29) is 28.9 Å². The molecule has 0 aliphatic rings. The summed E-state index contributed by atoms with van der Waals surface area (Å²) >= 11 is 1.99. The quantitative estimate of drug-likeness (QED) is 0.300. The van der Waals surface area contributed by atoms with Crippen LogP contribution in [0.4, 0.5) is 0 Å². The average Bonchev–Trinajstić information content (AvgIpc) is 2.47. The van der Waals surface area contributed by atoms with E-state index >= 15 is 0 Å². The van der Waals surface area contributed by atoms with Gasteiger partial charge in [0.15, 0.2) is 0 Å². The topological polar surface area (TPSA) is 81.7 Å². The number of nitrogens with zero attached hydrogens (tertiary/aromatic N) is 1. The number of carbonyl (C=O) groups is 2. The van der Waals surface area contributed by atoms with Crippen LogP contribution >= 0.6 is 22.6 Å². The molecule has 6 nitrogen and oxygen atoms in total. The van der Waals surface area contributed by atoms with Gasteiger partial charge in [-0.1, -0.05) is 29.5 Å². The summed E-state index contributed by atoms with van der Waals surface area (Å²) in [5.74, 6) is -0.592. The first-order valence-electron chi connectivity index (χ1n) is 7.13. The highest BCUT2D eigenvalue weighted by Gasteiger charge is 2.27. The van der Waals surface area contributed by atoms with Crippen LogP contribution in [-0.2, 0) is 9.59 Å². The summed E-state index contributed by atoms with van der Waals surface area (Å²) in [6, 6.07) is 0. The number of carbonyl (C=O) groups excluding carboxylic acids is 2. The summed E-state index contributed by atoms with van der Waals surface area (Å²) in [4.78, 5) is 26.1. The van der Waals surface area contributed by atoms with E-state index in [9.17, 15) is 9.59 Å². The Kier molecular flexibility index (Phi) is 10.4. The highest BCUT2D eigenvalue weighted by molar-refractivity contribution is 14.1. The van der Waals surface area contributed by atoms with E-state index < -0.39 is 0 Å². The van der Waals surface area contributed by atoms with Crippen LogP contribution in [-0.4, -0.2) is 52.5 Å². The lowest BCUT2D eigenvalue weighted by molar-refractivity contribution is -0.142. The molecule has 1 atom stereocenters. The maximum Gasteiger partial charge on any atom is 0.278 e. The van der Waals surface area contributed by atoms with Crippen LogP contribution in [0.3, 0.4) is 0 Å². The first kappa shape index (κ1) is 20.2. The number of hydrogen-bond acceptors (Lipinski definition) is 5. The lowest BCUT2D eigenvalue weighted by Gasteiger charge is -2.24. The number of alkyl halides is 1. The first-order valence-corrected chi connectivity index (χ1v) is 8.38. The lowest BCUT2D eigenvalue weighted by atomic mass is 10.2. The molecule has 3 N–H and O–H groups in total. The summed E-state index contributed by atoms with van der Waals surface area (Å²) in [7, 11) is 1.73. The van der Waals surface area contributed by atoms with Crippen molar-refractivity contribution >= 4 is 34.4 Å². The second-order valence-corrected chi connectivity index (χ2v) is 6.53. The predicted octanol–water partition coefficient (Wildman–Crippen LogP) is 0.998. The Labute approximate surface area is 140 Å². The minimum absolute atomic E-state index is 0.0564. The number of imide groups is 1. The monoisotopic (exact) mass is 411 g/mol. The summed E-state index contributed by atoms with van der Waals surface area (Å²) in [6.07, 6.45) is 1.25. The Morgan fingerprint density at radius 2 is 2.00 bits per heavy atom. The molecule has 0 rings (SSSR count). The number of nitrogens with one attached hydrogen (secondary N) is 2. The molecule has 0 saturated carbocycles. The molecule has 0 spiro atoms. The normalized spacial score (nSPS) is 13.2. The number of rotatable bonds is 9. The maximum absolute atomic E-state index is 12.7. The van der Waals surface area contributed by atoms with Gasteiger partial charge in [0.1, 0.15) is 5.70 Å². The Hall–Kier alpha value is -0.830. The van der Waals surface area contributed by atoms with E-state index in [0.717, 1.165) is 6.42 Å². The van der Waals surface area contributed by atoms with E-state index in [2.05, 4.69) is 10.6 Å². The molecule has 21 heavy (non-hydrogen) atoms. The van der Waals surface area contributed by atoms with Crippen LogP contribution in [0.15, 0.2) is 11.4 Å². The second-order valence-electron chi connectivity index (χ2n) is 4.66. The van der Waals surface area contributed by atoms with Gasteiger partial charge in [0, 0.05) is 32.4 Å². The average molecular weight is 411 g/mol. The van der Waals surface area contributed by atoms with Crippen molar-refractivity contribution in [2.24, 2.45) is 0 Å². The van der Waals surface area contributed by atoms with Crippen molar-refractivity contribution in [2.45, 2.75) is 37.5 Å². The van der Waals surface area contributed by atoms with Gasteiger partial charge in [-0.05, 0) is 26.7 Å². The van der Waals surface area contributed by atoms with E-state index in [1.54, 1.807) is 20.9 Å². The third kappa shape index (κ3) is 6.64. The van der Waals surface area contributed by atoms with Crippen molar-refractivity contribution in [3.8, 4) is 0 Å². The van der Waals surface area contributed by atoms with Gasteiger partial charge >= 0.3 is 0 Å². The summed E-state index contributed by atoms with van der Waals surface area (Å²) in [5, 5.41) is 15.0. The Balaban J connectivity index is 5.33. The van der Waals surface area contributed by atoms with Gasteiger partial charge in [-0.3, -0.25) is 14.5 Å². The molecule has 0 bridgehead atoms. The Bertz CT molecular complexity index is 384. The van der Waals surface area contributed by atoms with Gasteiger partial charge < -0.3 is 15.7 Å². The molecule has 0 aliphatic heterocycles. The number of amides is 2. The van der Waals surface area contributed by atoms with E-state index in [1.807, 2.05) is 29.5 Å². The lowest BCUT2D eigenvalue weighted by Crippen LogP contribution is -2.45. The molecule has 0 aromatic rings. The van der Waals surface area contributed by atoms with Crippen molar-refractivity contribution in [1.29, 1.82) is 0 Å². The zero-order chi connectivity index (χ0) is 16.4. The van der Waals surface area contributed by atoms with Crippen LogP contribution in [0, 0.1) is 0 Å². The highest BCUT2D eigenvalue weighted by atomic mass is 127. The number of halogens is 1. The first-order chi connectivity index (χ1) is 9.90. The van der Waals surface area contributed by atoms with Crippen LogP contribution in [0.2, 0.25) is 0 Å². The molecule has 2 amide bonds. The van der Waals surface area contributed by atoms with Gasteiger partial charge in [-0.25, -0.2) is 0 Å². The van der Waals surface area contributed by atoms with E-state index in [4.69, 9.17) is 5.11 Å². The van der Waals surface area contributed by atoms with Gasteiger partial charge in [0.05, 0.1) is 3.92 Å². The maximum atomic E-state index is 12.7. The van der Waals surface area contributed by atoms with Crippen molar-refractivity contribution in [3.05, 3.63) is 11.4 Å². The van der Waals surface area contributed by atoms with Crippen molar-refractivity contribution in [1.82, 2.24) is 15.5 Å². The van der Waals surface area contributed by atoms with Gasteiger partial charge in [-0.15, -0.1) is 0 Å². The fourth-order valence-electron chi connectivity index (χ4n) is 1.63. The SMILES string of the molecule is CCCN/C(C(=O)N(CCCO)C(=O)C(C)I)=C(/C)NC. The zero-order valence-electron chi connectivity index (χ0n) is 13.2. The largest absolute Gasteiger partial charge is 0.396 e. The molecule has 0 aromatic carbocycles. The Morgan fingerprint density at radius 3 is 2.43 bits per heavy atom. The summed E-state index contributed by atoms with van der Waals surface area (Å²) < 4.78 is -0.299. The molecular weight excluding hydrogens is 385 g/mol. The fraction of sp³-hybridized carbons (Fsp3) is 0.714. The van der Waals surface area contributed by atoms with Gasteiger partial charge in [0.2, 0.25) is 5.91 Å². The standard InChI is InChI=1S/C14H26IN3O3/c1-5-7-17-12(11(3)16-4)14(21)18(8-6-9-19)13(20)10(2)15/h10,16-17,19H,5-9H2,1-4H3/b12-11-. The minimum atomic E-state index is -0.350. The fourth-order valence-corrected chi connectivity index (χ4v) is 1.97. The molecular formula is C14H26IN3O3.